The van der Waals surface area contributed by atoms with Crippen LogP contribution in [0.1, 0.15) is 41.0 Å². The number of halogens is 1. The van der Waals surface area contributed by atoms with Crippen LogP contribution >= 0.6 is 15.9 Å². The van der Waals surface area contributed by atoms with Crippen molar-refractivity contribution >= 4 is 43.4 Å². The second-order valence-corrected chi connectivity index (χ2v) is 10.9. The zero-order valence-electron chi connectivity index (χ0n) is 19.8. The summed E-state index contributed by atoms with van der Waals surface area (Å²) in [6, 6.07) is 7.05. The molecule has 0 radical (unpaired) electrons. The number of nitrogens with zero attached hydrogens (tertiary/aromatic N) is 3. The van der Waals surface area contributed by atoms with E-state index in [4.69, 9.17) is 0 Å². The highest BCUT2D eigenvalue weighted by Gasteiger charge is 2.18. The summed E-state index contributed by atoms with van der Waals surface area (Å²) < 4.78 is 29.0. The Balaban J connectivity index is 2.11. The maximum atomic E-state index is 12.8. The quantitative estimate of drug-likeness (QED) is 0.303. The van der Waals surface area contributed by atoms with Gasteiger partial charge >= 0.3 is 0 Å². The predicted molar refractivity (Wildman–Crippen MR) is 136 cm³/mol. The Bertz CT molecular complexity index is 991. The lowest BCUT2D eigenvalue weighted by Gasteiger charge is -2.30. The molecule has 33 heavy (non-hydrogen) atoms. The van der Waals surface area contributed by atoms with E-state index in [1.54, 1.807) is 30.5 Å². The first-order valence-electron chi connectivity index (χ1n) is 11.1. The molecular formula is C22H35BrN6O3S. The number of rotatable bonds is 13. The summed E-state index contributed by atoms with van der Waals surface area (Å²) in [6.07, 6.45) is 2.33. The highest BCUT2D eigenvalue weighted by Crippen LogP contribution is 2.24. The van der Waals surface area contributed by atoms with Crippen LogP contribution in [0, 0.1) is 0 Å². The number of hydrogen-bond donors (Lipinski definition) is 4. The van der Waals surface area contributed by atoms with Crippen molar-refractivity contribution in [2.75, 3.05) is 30.3 Å². The molecule has 0 unspecified atom stereocenters. The Morgan fingerprint density at radius 1 is 1.18 bits per heavy atom. The van der Waals surface area contributed by atoms with Crippen molar-refractivity contribution in [2.45, 2.75) is 64.1 Å². The van der Waals surface area contributed by atoms with E-state index in [-0.39, 0.29) is 17.5 Å². The van der Waals surface area contributed by atoms with Crippen LogP contribution in [0.25, 0.3) is 0 Å². The predicted octanol–water partition coefficient (Wildman–Crippen LogP) is 3.56. The highest BCUT2D eigenvalue weighted by atomic mass is 79.9. The van der Waals surface area contributed by atoms with Gasteiger partial charge in [-0.25, -0.2) is 18.1 Å². The molecule has 1 aromatic carbocycles. The van der Waals surface area contributed by atoms with Crippen LogP contribution < -0.4 is 15.4 Å². The number of aromatic nitrogens is 2. The third kappa shape index (κ3) is 8.18. The van der Waals surface area contributed by atoms with Gasteiger partial charge < -0.3 is 15.7 Å². The number of hydrogen-bond acceptors (Lipinski definition) is 8. The molecule has 0 spiro atoms. The van der Waals surface area contributed by atoms with Gasteiger partial charge in [0.15, 0.2) is 0 Å². The Morgan fingerprint density at radius 3 is 2.48 bits per heavy atom. The molecular weight excluding hydrogens is 508 g/mol. The van der Waals surface area contributed by atoms with E-state index >= 15 is 0 Å². The molecule has 0 amide bonds. The van der Waals surface area contributed by atoms with E-state index in [0.29, 0.717) is 47.1 Å². The fourth-order valence-corrected chi connectivity index (χ4v) is 4.75. The van der Waals surface area contributed by atoms with E-state index in [1.807, 2.05) is 6.92 Å². The van der Waals surface area contributed by atoms with E-state index in [0.717, 1.165) is 6.42 Å². The number of nitrogens with one attached hydrogen (secondary N) is 3. The molecule has 0 aliphatic rings. The van der Waals surface area contributed by atoms with Gasteiger partial charge in [0.05, 0.1) is 22.0 Å². The van der Waals surface area contributed by atoms with Crippen molar-refractivity contribution in [3.05, 3.63) is 34.9 Å². The van der Waals surface area contributed by atoms with Crippen molar-refractivity contribution in [3.8, 4) is 0 Å². The third-order valence-corrected chi connectivity index (χ3v) is 7.23. The summed E-state index contributed by atoms with van der Waals surface area (Å²) in [5.41, 5.74) is 0.548. The lowest BCUT2D eigenvalue weighted by molar-refractivity contribution is 0.179. The Labute approximate surface area is 205 Å². The van der Waals surface area contributed by atoms with Crippen molar-refractivity contribution in [3.63, 3.8) is 0 Å². The molecule has 0 aliphatic heterocycles. The van der Waals surface area contributed by atoms with Crippen LogP contribution in [0.4, 0.5) is 17.5 Å². The van der Waals surface area contributed by atoms with Gasteiger partial charge in [-0.15, -0.1) is 0 Å². The van der Waals surface area contributed by atoms with E-state index in [9.17, 15) is 13.5 Å². The SMILES string of the molecule is CC[C@H](CO)Nc1nc(Nc2cccc(S(=O)(=O)NCCN(C(C)C)C(C)C)c2)ncc1Br. The zero-order valence-corrected chi connectivity index (χ0v) is 22.2. The van der Waals surface area contributed by atoms with Gasteiger partial charge in [0.2, 0.25) is 16.0 Å². The van der Waals surface area contributed by atoms with Crippen molar-refractivity contribution < 1.29 is 13.5 Å². The lowest BCUT2D eigenvalue weighted by Crippen LogP contribution is -2.42. The van der Waals surface area contributed by atoms with Gasteiger partial charge in [-0.2, -0.15) is 4.98 Å². The number of benzene rings is 1. The largest absolute Gasteiger partial charge is 0.394 e. The van der Waals surface area contributed by atoms with Crippen molar-refractivity contribution in [1.29, 1.82) is 0 Å². The molecule has 184 valence electrons. The van der Waals surface area contributed by atoms with Gasteiger partial charge in [0.1, 0.15) is 5.82 Å². The lowest BCUT2D eigenvalue weighted by atomic mass is 10.2. The fraction of sp³-hybridized carbons (Fsp3) is 0.545. The summed E-state index contributed by atoms with van der Waals surface area (Å²) in [7, 11) is -3.66. The van der Waals surface area contributed by atoms with Crippen LogP contribution in [-0.2, 0) is 10.0 Å². The van der Waals surface area contributed by atoms with Crippen molar-refractivity contribution in [2.24, 2.45) is 0 Å². The number of anilines is 3. The Morgan fingerprint density at radius 2 is 1.88 bits per heavy atom. The van der Waals surface area contributed by atoms with E-state index < -0.39 is 10.0 Å². The van der Waals surface area contributed by atoms with Gasteiger partial charge in [0, 0.05) is 37.1 Å². The van der Waals surface area contributed by atoms with E-state index in [2.05, 4.69) is 73.8 Å². The first-order valence-corrected chi connectivity index (χ1v) is 13.4. The molecule has 0 aliphatic carbocycles. The van der Waals surface area contributed by atoms with E-state index in [1.165, 1.54) is 0 Å². The van der Waals surface area contributed by atoms with Crippen LogP contribution in [0.2, 0.25) is 0 Å². The average Bonchev–Trinajstić information content (AvgIpc) is 2.76. The minimum absolute atomic E-state index is 0.0191. The van der Waals surface area contributed by atoms with Gasteiger partial charge in [0.25, 0.3) is 0 Å². The number of sulfonamides is 1. The average molecular weight is 544 g/mol. The normalized spacial score (nSPS) is 13.0. The molecule has 4 N–H and O–H groups in total. The third-order valence-electron chi connectivity index (χ3n) is 5.19. The van der Waals surface area contributed by atoms with Crippen LogP contribution in [0.3, 0.4) is 0 Å². The topological polar surface area (TPSA) is 119 Å². The first-order chi connectivity index (χ1) is 15.6. The fourth-order valence-electron chi connectivity index (χ4n) is 3.37. The van der Waals surface area contributed by atoms with Gasteiger partial charge in [-0.3, -0.25) is 4.90 Å². The molecule has 11 heteroatoms. The standard InChI is InChI=1S/C22H35BrN6O3S/c1-6-17(14-30)26-21-20(23)13-24-22(28-21)27-18-8-7-9-19(12-18)33(31,32)25-10-11-29(15(2)3)16(4)5/h7-9,12-13,15-17,25,30H,6,10-11,14H2,1-5H3,(H2,24,26,27,28)/t17-/m1/s1. The molecule has 1 heterocycles. The Hall–Kier alpha value is -1.79. The minimum atomic E-state index is -3.66. The zero-order chi connectivity index (χ0) is 24.6. The number of aliphatic hydroxyl groups excluding tert-OH is 1. The van der Waals surface area contributed by atoms with Crippen LogP contribution in [0.15, 0.2) is 39.8 Å². The minimum Gasteiger partial charge on any atom is -0.394 e. The molecule has 0 saturated carbocycles. The van der Waals surface area contributed by atoms with Crippen LogP contribution in [-0.4, -0.2) is 66.2 Å². The maximum Gasteiger partial charge on any atom is 0.240 e. The molecule has 1 atom stereocenters. The second kappa shape index (κ2) is 12.6. The van der Waals surface area contributed by atoms with Gasteiger partial charge in [-0.05, 0) is 68.2 Å². The Kier molecular flexibility index (Phi) is 10.5. The molecule has 2 aromatic rings. The second-order valence-electron chi connectivity index (χ2n) is 8.30. The summed E-state index contributed by atoms with van der Waals surface area (Å²) in [5, 5.41) is 15.6. The van der Waals surface area contributed by atoms with Crippen molar-refractivity contribution in [1.82, 2.24) is 19.6 Å². The van der Waals surface area contributed by atoms with Crippen LogP contribution in [0.5, 0.6) is 0 Å². The summed E-state index contributed by atoms with van der Waals surface area (Å²) in [5.74, 6) is 0.846. The molecule has 0 saturated heterocycles. The summed E-state index contributed by atoms with van der Waals surface area (Å²) in [4.78, 5) is 11.1. The molecule has 1 aromatic heterocycles. The maximum absolute atomic E-state index is 12.8. The summed E-state index contributed by atoms with van der Waals surface area (Å²) in [6.45, 7) is 11.3. The van der Waals surface area contributed by atoms with Gasteiger partial charge in [-0.1, -0.05) is 13.0 Å². The molecule has 2 rings (SSSR count). The first kappa shape index (κ1) is 27.5. The summed E-state index contributed by atoms with van der Waals surface area (Å²) >= 11 is 3.40. The highest BCUT2D eigenvalue weighted by molar-refractivity contribution is 9.10. The monoisotopic (exact) mass is 542 g/mol. The number of aliphatic hydroxyl groups is 1. The molecule has 0 fully saturated rings. The smallest absolute Gasteiger partial charge is 0.240 e. The molecule has 9 nitrogen and oxygen atoms in total. The molecule has 0 bridgehead atoms.